The molecule has 200 valence electrons. The third kappa shape index (κ3) is 6.18. The van der Waals surface area contributed by atoms with Crippen LogP contribution in [0.4, 0.5) is 21.9 Å². The first-order valence-corrected chi connectivity index (χ1v) is 14.8. The molecule has 1 aliphatic carbocycles. The van der Waals surface area contributed by atoms with E-state index in [4.69, 9.17) is 4.74 Å². The van der Waals surface area contributed by atoms with Gasteiger partial charge < -0.3 is 15.4 Å². The summed E-state index contributed by atoms with van der Waals surface area (Å²) in [5.74, 6) is 0.566. The van der Waals surface area contributed by atoms with Crippen molar-refractivity contribution >= 4 is 52.5 Å². The molecule has 0 spiro atoms. The van der Waals surface area contributed by atoms with Crippen molar-refractivity contribution in [2.75, 3.05) is 22.1 Å². The number of anilines is 3. The fourth-order valence-corrected chi connectivity index (χ4v) is 6.88. The average molecular weight is 558 g/mol. The van der Waals surface area contributed by atoms with Crippen molar-refractivity contribution in [1.29, 1.82) is 0 Å². The zero-order valence-corrected chi connectivity index (χ0v) is 23.5. The molecular formula is C31H31N3O3S2. The number of fused-ring (bicyclic) bond motifs is 2. The standard InChI is InChI=1S/C31H31N3O3S2/c1-3-27(30(35)33-23-14-5-8-17-26(23)37-4-2)38-22-13-11-12-21(20-22)32-31(36)34-24-15-6-9-18-28(24)39-29-19-10-7-16-25(29)34/h5-20,24,27-28H,3-4H2,1-2H3,(H,32,36)(H,33,35). The third-order valence-corrected chi connectivity index (χ3v) is 9.10. The normalized spacial score (nSPS) is 18.1. The summed E-state index contributed by atoms with van der Waals surface area (Å²) in [6, 6.07) is 22.9. The fourth-order valence-electron chi connectivity index (χ4n) is 4.61. The zero-order valence-electron chi connectivity index (χ0n) is 21.9. The van der Waals surface area contributed by atoms with Crippen LogP contribution < -0.4 is 20.3 Å². The van der Waals surface area contributed by atoms with Crippen molar-refractivity contribution in [3.05, 3.63) is 97.1 Å². The predicted octanol–water partition coefficient (Wildman–Crippen LogP) is 7.60. The number of ether oxygens (including phenoxy) is 1. The number of carbonyl (C=O) groups is 2. The molecule has 5 rings (SSSR count). The second-order valence-corrected chi connectivity index (χ2v) is 11.6. The summed E-state index contributed by atoms with van der Waals surface area (Å²) in [7, 11) is 0. The molecule has 2 aliphatic rings. The Balaban J connectivity index is 1.30. The highest BCUT2D eigenvalue weighted by Crippen LogP contribution is 2.43. The molecule has 0 bridgehead atoms. The highest BCUT2D eigenvalue weighted by Gasteiger charge is 2.36. The van der Waals surface area contributed by atoms with Gasteiger partial charge in [-0.25, -0.2) is 4.79 Å². The predicted molar refractivity (Wildman–Crippen MR) is 162 cm³/mol. The van der Waals surface area contributed by atoms with Gasteiger partial charge in [0.2, 0.25) is 5.91 Å². The number of urea groups is 1. The second kappa shape index (κ2) is 12.5. The van der Waals surface area contributed by atoms with Crippen molar-refractivity contribution in [2.45, 2.75) is 46.6 Å². The van der Waals surface area contributed by atoms with Gasteiger partial charge in [0, 0.05) is 15.5 Å². The van der Waals surface area contributed by atoms with Crippen LogP contribution in [0.5, 0.6) is 5.75 Å². The maximum Gasteiger partial charge on any atom is 0.326 e. The van der Waals surface area contributed by atoms with E-state index in [1.807, 2.05) is 97.6 Å². The first-order chi connectivity index (χ1) is 19.1. The Bertz CT molecular complexity index is 1410. The number of hydrogen-bond donors (Lipinski definition) is 2. The van der Waals surface area contributed by atoms with Crippen LogP contribution in [-0.4, -0.2) is 35.1 Å². The van der Waals surface area contributed by atoms with Crippen molar-refractivity contribution < 1.29 is 14.3 Å². The minimum atomic E-state index is -0.309. The Kier molecular flexibility index (Phi) is 8.64. The molecule has 0 fully saturated rings. The Hall–Kier alpha value is -3.62. The monoisotopic (exact) mass is 557 g/mol. The minimum absolute atomic E-state index is 0.0693. The van der Waals surface area contributed by atoms with Crippen LogP contribution >= 0.6 is 23.5 Å². The topological polar surface area (TPSA) is 70.7 Å². The molecule has 1 heterocycles. The summed E-state index contributed by atoms with van der Waals surface area (Å²) in [5, 5.41) is 5.97. The maximum absolute atomic E-state index is 13.6. The van der Waals surface area contributed by atoms with E-state index < -0.39 is 0 Å². The molecule has 3 atom stereocenters. The van der Waals surface area contributed by atoms with Crippen LogP contribution in [-0.2, 0) is 4.79 Å². The van der Waals surface area contributed by atoms with Crippen LogP contribution in [0.2, 0.25) is 0 Å². The minimum Gasteiger partial charge on any atom is -0.492 e. The van der Waals surface area contributed by atoms with E-state index in [1.165, 1.54) is 11.8 Å². The lowest BCUT2D eigenvalue weighted by atomic mass is 10.1. The molecule has 39 heavy (non-hydrogen) atoms. The van der Waals surface area contributed by atoms with Gasteiger partial charge in [0.25, 0.3) is 0 Å². The molecule has 1 aliphatic heterocycles. The van der Waals surface area contributed by atoms with Gasteiger partial charge in [0.15, 0.2) is 0 Å². The summed E-state index contributed by atoms with van der Waals surface area (Å²) in [6.45, 7) is 4.43. The number of hydrogen-bond acceptors (Lipinski definition) is 5. The largest absolute Gasteiger partial charge is 0.492 e. The molecule has 0 saturated carbocycles. The van der Waals surface area contributed by atoms with Crippen molar-refractivity contribution in [2.24, 2.45) is 0 Å². The lowest BCUT2D eigenvalue weighted by Crippen LogP contribution is -2.49. The molecule has 6 nitrogen and oxygen atoms in total. The Labute approximate surface area is 237 Å². The van der Waals surface area contributed by atoms with Crippen molar-refractivity contribution in [3.8, 4) is 5.75 Å². The smallest absolute Gasteiger partial charge is 0.326 e. The first-order valence-electron chi connectivity index (χ1n) is 13.1. The molecule has 3 aromatic rings. The van der Waals surface area contributed by atoms with E-state index in [1.54, 1.807) is 11.8 Å². The zero-order chi connectivity index (χ0) is 27.2. The van der Waals surface area contributed by atoms with Gasteiger partial charge in [-0.1, -0.05) is 61.6 Å². The number of carbonyl (C=O) groups excluding carboxylic acids is 2. The first kappa shape index (κ1) is 27.0. The van der Waals surface area contributed by atoms with E-state index >= 15 is 0 Å². The van der Waals surface area contributed by atoms with Gasteiger partial charge >= 0.3 is 6.03 Å². The third-order valence-electron chi connectivity index (χ3n) is 6.43. The lowest BCUT2D eigenvalue weighted by Gasteiger charge is -2.40. The van der Waals surface area contributed by atoms with Crippen LogP contribution in [0, 0.1) is 0 Å². The van der Waals surface area contributed by atoms with Gasteiger partial charge in [-0.15, -0.1) is 23.5 Å². The summed E-state index contributed by atoms with van der Waals surface area (Å²) in [4.78, 5) is 30.6. The number of amides is 3. The Morgan fingerprint density at radius 1 is 0.974 bits per heavy atom. The molecule has 0 aromatic heterocycles. The number of benzene rings is 3. The number of nitrogens with zero attached hydrogens (tertiary/aromatic N) is 1. The van der Waals surface area contributed by atoms with Crippen LogP contribution in [0.25, 0.3) is 0 Å². The van der Waals surface area contributed by atoms with Crippen LogP contribution in [0.15, 0.2) is 107 Å². The number of para-hydroxylation sites is 3. The molecule has 3 aromatic carbocycles. The van der Waals surface area contributed by atoms with Gasteiger partial charge in [-0.2, -0.15) is 0 Å². The number of thioether (sulfide) groups is 2. The SMILES string of the molecule is CCOc1ccccc1NC(=O)C(CC)Sc1cccc(NC(=O)N2c3ccccc3SC3C=CC=CC32)c1. The van der Waals surface area contributed by atoms with Gasteiger partial charge in [-0.3, -0.25) is 9.69 Å². The second-order valence-electron chi connectivity index (χ2n) is 9.07. The lowest BCUT2D eigenvalue weighted by molar-refractivity contribution is -0.115. The van der Waals surface area contributed by atoms with E-state index in [9.17, 15) is 9.59 Å². The average Bonchev–Trinajstić information content (AvgIpc) is 2.95. The van der Waals surface area contributed by atoms with E-state index in [2.05, 4.69) is 28.9 Å². The molecule has 2 N–H and O–H groups in total. The van der Waals surface area contributed by atoms with Crippen molar-refractivity contribution in [3.63, 3.8) is 0 Å². The number of nitrogens with one attached hydrogen (secondary N) is 2. The van der Waals surface area contributed by atoms with Crippen LogP contribution in [0.3, 0.4) is 0 Å². The van der Waals surface area contributed by atoms with E-state index in [-0.39, 0.29) is 28.5 Å². The maximum atomic E-state index is 13.6. The molecule has 3 unspecified atom stereocenters. The quantitative estimate of drug-likeness (QED) is 0.279. The fraction of sp³-hybridized carbons (Fsp3) is 0.226. The van der Waals surface area contributed by atoms with Crippen LogP contribution in [0.1, 0.15) is 20.3 Å². The van der Waals surface area contributed by atoms with Gasteiger partial charge in [0.1, 0.15) is 5.75 Å². The highest BCUT2D eigenvalue weighted by atomic mass is 32.2. The van der Waals surface area contributed by atoms with E-state index in [0.717, 1.165) is 15.5 Å². The molecule has 0 radical (unpaired) electrons. The summed E-state index contributed by atoms with van der Waals surface area (Å²) < 4.78 is 5.65. The Morgan fingerprint density at radius 3 is 2.62 bits per heavy atom. The molecule has 0 saturated heterocycles. The molecular weight excluding hydrogens is 526 g/mol. The summed E-state index contributed by atoms with van der Waals surface area (Å²) in [5.41, 5.74) is 2.25. The van der Waals surface area contributed by atoms with E-state index in [0.29, 0.717) is 30.2 Å². The highest BCUT2D eigenvalue weighted by molar-refractivity contribution is 8.00. The molecule has 8 heteroatoms. The van der Waals surface area contributed by atoms with Gasteiger partial charge in [0.05, 0.1) is 34.5 Å². The Morgan fingerprint density at radius 2 is 1.77 bits per heavy atom. The van der Waals surface area contributed by atoms with Crippen molar-refractivity contribution in [1.82, 2.24) is 0 Å². The van der Waals surface area contributed by atoms with Gasteiger partial charge in [-0.05, 0) is 55.8 Å². The summed E-state index contributed by atoms with van der Waals surface area (Å²) in [6.07, 6.45) is 8.90. The summed E-state index contributed by atoms with van der Waals surface area (Å²) >= 11 is 3.26. The number of rotatable bonds is 8. The molecule has 3 amide bonds. The number of allylic oxidation sites excluding steroid dienone is 2.